The highest BCUT2D eigenvalue weighted by Gasteiger charge is 2.33. The van der Waals surface area contributed by atoms with Gasteiger partial charge in [-0.25, -0.2) is 0 Å². The van der Waals surface area contributed by atoms with Gasteiger partial charge < -0.3 is 15.3 Å². The molecule has 1 aliphatic carbocycles. The molecule has 2 N–H and O–H groups in total. The Balaban J connectivity index is 0.00000192. The third-order valence-corrected chi connectivity index (χ3v) is 5.47. The number of nitrogens with zero attached hydrogens (tertiary/aromatic N) is 1. The molecular formula is C18H28Cl2N2O. The Morgan fingerprint density at radius 1 is 1.22 bits per heavy atom. The van der Waals surface area contributed by atoms with E-state index in [0.717, 1.165) is 57.0 Å². The Kier molecular flexibility index (Phi) is 7.64. The van der Waals surface area contributed by atoms with E-state index >= 15 is 0 Å². The number of nitrogens with one attached hydrogen (secondary N) is 1. The first-order chi connectivity index (χ1) is 10.7. The first kappa shape index (κ1) is 19.0. The van der Waals surface area contributed by atoms with Crippen LogP contribution >= 0.6 is 24.0 Å². The SMILES string of the molecule is Cl.OC1CCCCC1C(CN1CCNCC1)c1cccc(Cl)c1. The number of hydrogen-bond acceptors (Lipinski definition) is 3. The molecule has 0 spiro atoms. The zero-order valence-electron chi connectivity index (χ0n) is 13.6. The van der Waals surface area contributed by atoms with E-state index < -0.39 is 0 Å². The molecule has 0 bridgehead atoms. The summed E-state index contributed by atoms with van der Waals surface area (Å²) in [5.41, 5.74) is 1.29. The van der Waals surface area contributed by atoms with Gasteiger partial charge in [-0.3, -0.25) is 0 Å². The van der Waals surface area contributed by atoms with Gasteiger partial charge >= 0.3 is 0 Å². The van der Waals surface area contributed by atoms with E-state index in [4.69, 9.17) is 11.6 Å². The van der Waals surface area contributed by atoms with Crippen molar-refractivity contribution in [1.29, 1.82) is 0 Å². The van der Waals surface area contributed by atoms with E-state index in [1.54, 1.807) is 0 Å². The van der Waals surface area contributed by atoms with E-state index in [-0.39, 0.29) is 18.5 Å². The highest BCUT2D eigenvalue weighted by molar-refractivity contribution is 6.30. The Morgan fingerprint density at radius 2 is 1.96 bits per heavy atom. The molecule has 3 unspecified atom stereocenters. The number of piperazine rings is 1. The lowest BCUT2D eigenvalue weighted by molar-refractivity contribution is 0.0448. The van der Waals surface area contributed by atoms with Crippen molar-refractivity contribution in [2.24, 2.45) is 5.92 Å². The summed E-state index contributed by atoms with van der Waals surface area (Å²) in [6.07, 6.45) is 4.31. The summed E-state index contributed by atoms with van der Waals surface area (Å²) in [5, 5.41) is 14.7. The molecule has 23 heavy (non-hydrogen) atoms. The molecule has 1 saturated heterocycles. The predicted molar refractivity (Wildman–Crippen MR) is 98.7 cm³/mol. The second-order valence-electron chi connectivity index (χ2n) is 6.73. The van der Waals surface area contributed by atoms with Crippen LogP contribution in [0.5, 0.6) is 0 Å². The van der Waals surface area contributed by atoms with Crippen LogP contribution in [0.1, 0.15) is 37.2 Å². The zero-order chi connectivity index (χ0) is 15.4. The quantitative estimate of drug-likeness (QED) is 0.866. The smallest absolute Gasteiger partial charge is 0.0574 e. The Labute approximate surface area is 150 Å². The van der Waals surface area contributed by atoms with Gasteiger partial charge in [0.15, 0.2) is 0 Å². The van der Waals surface area contributed by atoms with E-state index in [2.05, 4.69) is 22.3 Å². The minimum Gasteiger partial charge on any atom is -0.393 e. The summed E-state index contributed by atoms with van der Waals surface area (Å²) in [6, 6.07) is 8.25. The average molecular weight is 359 g/mol. The standard InChI is InChI=1S/C18H27ClN2O.ClH/c19-15-5-3-4-14(12-15)17(13-21-10-8-20-9-11-21)16-6-1-2-7-18(16)22;/h3-5,12,16-18,20,22H,1-2,6-11,13H2;1H. The third kappa shape index (κ3) is 5.07. The van der Waals surface area contributed by atoms with Gasteiger partial charge in [-0.15, -0.1) is 12.4 Å². The summed E-state index contributed by atoms with van der Waals surface area (Å²) in [6.45, 7) is 5.36. The van der Waals surface area contributed by atoms with Gasteiger partial charge in [-0.1, -0.05) is 36.6 Å². The van der Waals surface area contributed by atoms with E-state index in [1.807, 2.05) is 12.1 Å². The number of hydrogen-bond donors (Lipinski definition) is 2. The van der Waals surface area contributed by atoms with E-state index in [1.165, 1.54) is 12.0 Å². The average Bonchev–Trinajstić information content (AvgIpc) is 2.54. The summed E-state index contributed by atoms with van der Waals surface area (Å²) < 4.78 is 0. The van der Waals surface area contributed by atoms with Crippen LogP contribution in [0.25, 0.3) is 0 Å². The number of rotatable bonds is 4. The molecule has 5 heteroatoms. The minimum absolute atomic E-state index is 0. The molecular weight excluding hydrogens is 331 g/mol. The molecule has 2 aliphatic rings. The summed E-state index contributed by atoms with van der Waals surface area (Å²) in [5.74, 6) is 0.745. The monoisotopic (exact) mass is 358 g/mol. The van der Waals surface area contributed by atoms with Gasteiger partial charge in [-0.2, -0.15) is 0 Å². The molecule has 1 saturated carbocycles. The van der Waals surface area contributed by atoms with Gasteiger partial charge in [0.05, 0.1) is 6.10 Å². The summed E-state index contributed by atoms with van der Waals surface area (Å²) in [7, 11) is 0. The fraction of sp³-hybridized carbons (Fsp3) is 0.667. The maximum atomic E-state index is 10.5. The van der Waals surface area contributed by atoms with Crippen LogP contribution in [0, 0.1) is 5.92 Å². The van der Waals surface area contributed by atoms with Gasteiger partial charge in [0.25, 0.3) is 0 Å². The summed E-state index contributed by atoms with van der Waals surface area (Å²) in [4.78, 5) is 2.53. The first-order valence-corrected chi connectivity index (χ1v) is 8.98. The van der Waals surface area contributed by atoms with Crippen LogP contribution in [-0.4, -0.2) is 48.8 Å². The maximum absolute atomic E-state index is 10.5. The predicted octanol–water partition coefficient (Wildman–Crippen LogP) is 3.30. The lowest BCUT2D eigenvalue weighted by Crippen LogP contribution is -2.46. The van der Waals surface area contributed by atoms with Gasteiger partial charge in [0.2, 0.25) is 0 Å². The van der Waals surface area contributed by atoms with Gasteiger partial charge in [0.1, 0.15) is 0 Å². The van der Waals surface area contributed by atoms with Crippen molar-refractivity contribution in [2.75, 3.05) is 32.7 Å². The Hall–Kier alpha value is -0.320. The molecule has 0 aromatic heterocycles. The highest BCUT2D eigenvalue weighted by atomic mass is 35.5. The van der Waals surface area contributed by atoms with Crippen LogP contribution in [0.15, 0.2) is 24.3 Å². The lowest BCUT2D eigenvalue weighted by atomic mass is 9.74. The van der Waals surface area contributed by atoms with Gasteiger partial charge in [-0.05, 0) is 36.5 Å². The molecule has 1 aliphatic heterocycles. The van der Waals surface area contributed by atoms with Crippen LogP contribution in [0.2, 0.25) is 5.02 Å². The number of aliphatic hydroxyl groups is 1. The number of benzene rings is 1. The zero-order valence-corrected chi connectivity index (χ0v) is 15.2. The minimum atomic E-state index is -0.166. The van der Waals surface area contributed by atoms with E-state index in [9.17, 15) is 5.11 Å². The molecule has 0 amide bonds. The fourth-order valence-corrected chi connectivity index (χ4v) is 4.21. The largest absolute Gasteiger partial charge is 0.393 e. The van der Waals surface area contributed by atoms with Crippen LogP contribution < -0.4 is 5.32 Å². The summed E-state index contributed by atoms with van der Waals surface area (Å²) >= 11 is 6.22. The molecule has 2 fully saturated rings. The molecule has 1 aromatic rings. The highest BCUT2D eigenvalue weighted by Crippen LogP contribution is 2.37. The lowest BCUT2D eigenvalue weighted by Gasteiger charge is -2.38. The van der Waals surface area contributed by atoms with Crippen LogP contribution in [0.3, 0.4) is 0 Å². The molecule has 0 radical (unpaired) electrons. The topological polar surface area (TPSA) is 35.5 Å². The first-order valence-electron chi connectivity index (χ1n) is 8.60. The fourth-order valence-electron chi connectivity index (χ4n) is 4.01. The van der Waals surface area contributed by atoms with Gasteiger partial charge in [0, 0.05) is 43.7 Å². The van der Waals surface area contributed by atoms with E-state index in [0.29, 0.717) is 11.8 Å². The maximum Gasteiger partial charge on any atom is 0.0574 e. The molecule has 3 rings (SSSR count). The van der Waals surface area contributed by atoms with Crippen molar-refractivity contribution in [3.05, 3.63) is 34.9 Å². The van der Waals surface area contributed by atoms with Crippen LogP contribution in [-0.2, 0) is 0 Å². The molecule has 3 nitrogen and oxygen atoms in total. The normalized spacial score (nSPS) is 27.2. The second-order valence-corrected chi connectivity index (χ2v) is 7.16. The van der Waals surface area contributed by atoms with Crippen molar-refractivity contribution in [1.82, 2.24) is 10.2 Å². The van der Waals surface area contributed by atoms with Crippen LogP contribution in [0.4, 0.5) is 0 Å². The van der Waals surface area contributed by atoms with Crippen molar-refractivity contribution < 1.29 is 5.11 Å². The van der Waals surface area contributed by atoms with Crippen molar-refractivity contribution in [3.8, 4) is 0 Å². The second kappa shape index (κ2) is 9.24. The van der Waals surface area contributed by atoms with Crippen molar-refractivity contribution >= 4 is 24.0 Å². The molecule has 1 aromatic carbocycles. The molecule has 1 heterocycles. The number of aliphatic hydroxyl groups excluding tert-OH is 1. The Morgan fingerprint density at radius 3 is 2.65 bits per heavy atom. The Bertz CT molecular complexity index is 480. The number of halogens is 2. The molecule has 130 valence electrons. The van der Waals surface area contributed by atoms with Crippen molar-refractivity contribution in [3.63, 3.8) is 0 Å². The third-order valence-electron chi connectivity index (χ3n) is 5.24. The molecule has 3 atom stereocenters. The van der Waals surface area contributed by atoms with Crippen molar-refractivity contribution in [2.45, 2.75) is 37.7 Å².